The van der Waals surface area contributed by atoms with E-state index in [0.717, 1.165) is 0 Å². The van der Waals surface area contributed by atoms with Crippen LogP contribution in [0.2, 0.25) is 0 Å². The molecular formula is C18H17NO5. The minimum absolute atomic E-state index is 0.218. The fraction of sp³-hybridized carbons (Fsp3) is 0.111. The highest BCUT2D eigenvalue weighted by molar-refractivity contribution is 6.13. The predicted octanol–water partition coefficient (Wildman–Crippen LogP) is 2.32. The van der Waals surface area contributed by atoms with Crippen LogP contribution in [0, 0.1) is 0 Å². The zero-order valence-electron chi connectivity index (χ0n) is 13.0. The number of rotatable bonds is 7. The number of ether oxygens (including phenoxy) is 1. The van der Waals surface area contributed by atoms with E-state index >= 15 is 0 Å². The maximum Gasteiger partial charge on any atom is 0.352 e. The molecule has 0 aliphatic rings. The summed E-state index contributed by atoms with van der Waals surface area (Å²) in [5, 5.41) is 21.6. The van der Waals surface area contributed by atoms with Crippen molar-refractivity contribution in [1.29, 1.82) is 0 Å². The van der Waals surface area contributed by atoms with Crippen molar-refractivity contribution in [3.05, 3.63) is 71.4 Å². The number of nitrogens with one attached hydrogen (secondary N) is 1. The van der Waals surface area contributed by atoms with Gasteiger partial charge in [0.2, 0.25) is 0 Å². The first-order valence-electron chi connectivity index (χ1n) is 7.15. The van der Waals surface area contributed by atoms with Gasteiger partial charge in [0.25, 0.3) is 0 Å². The SMILES string of the molecule is COc1ccc(N/C(C(=O)O)=C(\CO)C(=O)c2ccccc2)cc1. The van der Waals surface area contributed by atoms with E-state index < -0.39 is 18.4 Å². The second-order valence-corrected chi connectivity index (χ2v) is 4.87. The van der Waals surface area contributed by atoms with Crippen molar-refractivity contribution in [1.82, 2.24) is 0 Å². The standard InChI is InChI=1S/C18H17NO5/c1-24-14-9-7-13(8-10-14)19-16(18(22)23)15(11-20)17(21)12-5-3-2-4-6-12/h2-10,19-20H,11H2,1H3,(H,22,23)/b16-15+. The summed E-state index contributed by atoms with van der Waals surface area (Å²) < 4.78 is 5.04. The van der Waals surface area contributed by atoms with E-state index in [4.69, 9.17) is 4.74 Å². The number of carboxylic acid groups (broad SMARTS) is 1. The van der Waals surface area contributed by atoms with Crippen molar-refractivity contribution in [2.75, 3.05) is 19.0 Å². The Morgan fingerprint density at radius 2 is 1.67 bits per heavy atom. The van der Waals surface area contributed by atoms with E-state index in [1.54, 1.807) is 54.6 Å². The van der Waals surface area contributed by atoms with Gasteiger partial charge in [-0.2, -0.15) is 0 Å². The minimum Gasteiger partial charge on any atom is -0.497 e. The number of hydrogen-bond acceptors (Lipinski definition) is 5. The van der Waals surface area contributed by atoms with E-state index in [0.29, 0.717) is 17.0 Å². The molecule has 6 nitrogen and oxygen atoms in total. The van der Waals surface area contributed by atoms with Crippen LogP contribution in [-0.4, -0.2) is 35.7 Å². The molecule has 0 unspecified atom stereocenters. The quantitative estimate of drug-likeness (QED) is 0.533. The third kappa shape index (κ3) is 3.99. The summed E-state index contributed by atoms with van der Waals surface area (Å²) >= 11 is 0. The Bertz CT molecular complexity index is 751. The van der Waals surface area contributed by atoms with Crippen LogP contribution in [0.1, 0.15) is 10.4 Å². The Labute approximate surface area is 139 Å². The van der Waals surface area contributed by atoms with E-state index in [1.807, 2.05) is 0 Å². The zero-order chi connectivity index (χ0) is 17.5. The monoisotopic (exact) mass is 327 g/mol. The van der Waals surface area contributed by atoms with Gasteiger partial charge in [-0.3, -0.25) is 4.79 Å². The second kappa shape index (κ2) is 7.94. The number of aliphatic hydroxyl groups is 1. The fourth-order valence-electron chi connectivity index (χ4n) is 2.10. The van der Waals surface area contributed by atoms with E-state index in [-0.39, 0.29) is 11.3 Å². The van der Waals surface area contributed by atoms with E-state index in [9.17, 15) is 19.8 Å². The topological polar surface area (TPSA) is 95.9 Å². The lowest BCUT2D eigenvalue weighted by atomic mass is 10.0. The lowest BCUT2D eigenvalue weighted by Crippen LogP contribution is -2.20. The zero-order valence-corrected chi connectivity index (χ0v) is 13.0. The van der Waals surface area contributed by atoms with Crippen molar-refractivity contribution in [3.63, 3.8) is 0 Å². The molecule has 0 aliphatic heterocycles. The van der Waals surface area contributed by atoms with Gasteiger partial charge in [0.15, 0.2) is 5.78 Å². The normalized spacial score (nSPS) is 11.4. The summed E-state index contributed by atoms with van der Waals surface area (Å²) in [7, 11) is 1.52. The molecule has 2 aromatic rings. The van der Waals surface area contributed by atoms with Crippen molar-refractivity contribution in [2.45, 2.75) is 0 Å². The van der Waals surface area contributed by atoms with Gasteiger partial charge in [-0.05, 0) is 24.3 Å². The van der Waals surface area contributed by atoms with Gasteiger partial charge in [-0.1, -0.05) is 30.3 Å². The molecule has 0 atom stereocenters. The number of Topliss-reactive ketones (excluding diaryl/α,β-unsaturated/α-hetero) is 1. The van der Waals surface area contributed by atoms with Gasteiger partial charge in [0, 0.05) is 11.3 Å². The molecule has 124 valence electrons. The number of aliphatic hydroxyl groups excluding tert-OH is 1. The summed E-state index contributed by atoms with van der Waals surface area (Å²) in [5.41, 5.74) is 0.179. The van der Waals surface area contributed by atoms with Crippen LogP contribution in [-0.2, 0) is 4.79 Å². The summed E-state index contributed by atoms with van der Waals surface area (Å²) in [6.45, 7) is -0.696. The third-order valence-electron chi connectivity index (χ3n) is 3.34. The Kier molecular flexibility index (Phi) is 5.70. The highest BCUT2D eigenvalue weighted by Crippen LogP contribution is 2.19. The molecule has 0 saturated carbocycles. The number of hydrogen-bond donors (Lipinski definition) is 3. The first-order chi connectivity index (χ1) is 11.6. The molecule has 0 heterocycles. The molecule has 3 N–H and O–H groups in total. The van der Waals surface area contributed by atoms with Crippen LogP contribution >= 0.6 is 0 Å². The third-order valence-corrected chi connectivity index (χ3v) is 3.34. The van der Waals surface area contributed by atoms with Crippen molar-refractivity contribution < 1.29 is 24.5 Å². The van der Waals surface area contributed by atoms with Crippen molar-refractivity contribution in [2.24, 2.45) is 0 Å². The molecule has 0 aliphatic carbocycles. The van der Waals surface area contributed by atoms with Crippen LogP contribution < -0.4 is 10.1 Å². The van der Waals surface area contributed by atoms with Gasteiger partial charge in [-0.15, -0.1) is 0 Å². The van der Waals surface area contributed by atoms with Crippen LogP contribution in [0.4, 0.5) is 5.69 Å². The lowest BCUT2D eigenvalue weighted by Gasteiger charge is -2.12. The second-order valence-electron chi connectivity index (χ2n) is 4.87. The molecule has 6 heteroatoms. The van der Waals surface area contributed by atoms with Gasteiger partial charge < -0.3 is 20.3 Å². The molecule has 0 aromatic heterocycles. The average Bonchev–Trinajstić information content (AvgIpc) is 2.62. The highest BCUT2D eigenvalue weighted by atomic mass is 16.5. The van der Waals surface area contributed by atoms with Crippen molar-refractivity contribution >= 4 is 17.4 Å². The molecule has 24 heavy (non-hydrogen) atoms. The van der Waals surface area contributed by atoms with Gasteiger partial charge in [0.05, 0.1) is 19.3 Å². The van der Waals surface area contributed by atoms with Gasteiger partial charge in [-0.25, -0.2) is 4.79 Å². The van der Waals surface area contributed by atoms with Crippen LogP contribution in [0.5, 0.6) is 5.75 Å². The average molecular weight is 327 g/mol. The summed E-state index contributed by atoms with van der Waals surface area (Å²) in [4.78, 5) is 24.0. The molecule has 0 spiro atoms. The number of aliphatic carboxylic acids is 1. The van der Waals surface area contributed by atoms with Gasteiger partial charge in [0.1, 0.15) is 11.4 Å². The maximum absolute atomic E-state index is 12.5. The molecule has 2 rings (SSSR count). The Hall–Kier alpha value is -3.12. The smallest absolute Gasteiger partial charge is 0.352 e. The maximum atomic E-state index is 12.5. The summed E-state index contributed by atoms with van der Waals surface area (Å²) in [5.74, 6) is -1.26. The molecule has 0 fully saturated rings. The molecule has 2 aromatic carbocycles. The fourth-order valence-corrected chi connectivity index (χ4v) is 2.10. The van der Waals surface area contributed by atoms with Crippen LogP contribution in [0.15, 0.2) is 65.9 Å². The number of carbonyl (C=O) groups is 2. The molecule has 0 bridgehead atoms. The number of ketones is 1. The Balaban J connectivity index is 2.39. The van der Waals surface area contributed by atoms with Crippen molar-refractivity contribution in [3.8, 4) is 5.75 Å². The Morgan fingerprint density at radius 1 is 1.04 bits per heavy atom. The number of carboxylic acids is 1. The van der Waals surface area contributed by atoms with E-state index in [1.165, 1.54) is 7.11 Å². The molecule has 0 radical (unpaired) electrons. The molecule has 0 saturated heterocycles. The number of anilines is 1. The predicted molar refractivity (Wildman–Crippen MR) is 89.1 cm³/mol. The minimum atomic E-state index is -1.33. The first-order valence-corrected chi connectivity index (χ1v) is 7.15. The van der Waals surface area contributed by atoms with Crippen LogP contribution in [0.25, 0.3) is 0 Å². The van der Waals surface area contributed by atoms with E-state index in [2.05, 4.69) is 5.32 Å². The number of carbonyl (C=O) groups excluding carboxylic acids is 1. The van der Waals surface area contributed by atoms with Crippen LogP contribution in [0.3, 0.4) is 0 Å². The summed E-state index contributed by atoms with van der Waals surface area (Å²) in [6.07, 6.45) is 0. The number of methoxy groups -OCH3 is 1. The Morgan fingerprint density at radius 3 is 2.17 bits per heavy atom. The van der Waals surface area contributed by atoms with Gasteiger partial charge >= 0.3 is 5.97 Å². The first kappa shape index (κ1) is 17.2. The highest BCUT2D eigenvalue weighted by Gasteiger charge is 2.21. The molecular weight excluding hydrogens is 310 g/mol. The number of benzene rings is 2. The summed E-state index contributed by atoms with van der Waals surface area (Å²) in [6, 6.07) is 14.7. The lowest BCUT2D eigenvalue weighted by molar-refractivity contribution is -0.132. The largest absolute Gasteiger partial charge is 0.497 e. The molecule has 0 amide bonds.